The summed E-state index contributed by atoms with van der Waals surface area (Å²) in [6.45, 7) is 3.38. The average molecular weight is 450 g/mol. The SMILES string of the molecule is CCO[C@@H](Cc1ccc(OCCN2c3ccccc3Oc3ccccc32)cc1)C(=O)OOC. The zero-order chi connectivity index (χ0) is 23.0. The highest BCUT2D eigenvalue weighted by molar-refractivity contribution is 5.77. The highest BCUT2D eigenvalue weighted by atomic mass is 17.2. The topological polar surface area (TPSA) is 66.5 Å². The minimum Gasteiger partial charge on any atom is -0.492 e. The molecule has 0 saturated heterocycles. The Hall–Kier alpha value is -3.55. The molecule has 4 rings (SSSR count). The fourth-order valence-corrected chi connectivity index (χ4v) is 3.76. The molecular weight excluding hydrogens is 422 g/mol. The first kappa shape index (κ1) is 22.6. The highest BCUT2D eigenvalue weighted by Gasteiger charge is 2.24. The Morgan fingerprint density at radius 1 is 0.939 bits per heavy atom. The summed E-state index contributed by atoms with van der Waals surface area (Å²) in [5.41, 5.74) is 2.96. The number of para-hydroxylation sites is 4. The van der Waals surface area contributed by atoms with Gasteiger partial charge in [-0.2, -0.15) is 4.89 Å². The molecular formula is C26H27NO6. The molecule has 1 aliphatic heterocycles. The molecule has 7 nitrogen and oxygen atoms in total. The van der Waals surface area contributed by atoms with Gasteiger partial charge in [0.25, 0.3) is 0 Å². The Morgan fingerprint density at radius 3 is 2.18 bits per heavy atom. The van der Waals surface area contributed by atoms with Crippen molar-refractivity contribution in [1.82, 2.24) is 0 Å². The van der Waals surface area contributed by atoms with E-state index in [0.717, 1.165) is 34.2 Å². The molecule has 0 saturated carbocycles. The molecule has 0 aromatic heterocycles. The van der Waals surface area contributed by atoms with Crippen LogP contribution in [0.5, 0.6) is 17.2 Å². The summed E-state index contributed by atoms with van der Waals surface area (Å²) in [7, 11) is 1.29. The van der Waals surface area contributed by atoms with Gasteiger partial charge in [-0.1, -0.05) is 36.4 Å². The Balaban J connectivity index is 1.37. The second kappa shape index (κ2) is 10.8. The van der Waals surface area contributed by atoms with Crippen LogP contribution in [0.1, 0.15) is 12.5 Å². The Labute approximate surface area is 193 Å². The molecule has 172 valence electrons. The fraction of sp³-hybridized carbons (Fsp3) is 0.269. The summed E-state index contributed by atoms with van der Waals surface area (Å²) in [6.07, 6.45) is -0.333. The Bertz CT molecular complexity index is 1020. The maximum Gasteiger partial charge on any atom is 0.371 e. The third kappa shape index (κ3) is 5.45. The van der Waals surface area contributed by atoms with Gasteiger partial charge in [-0.05, 0) is 48.9 Å². The largest absolute Gasteiger partial charge is 0.492 e. The fourth-order valence-electron chi connectivity index (χ4n) is 3.76. The zero-order valence-corrected chi connectivity index (χ0v) is 18.7. The van der Waals surface area contributed by atoms with E-state index in [1.54, 1.807) is 0 Å². The molecule has 0 unspecified atom stereocenters. The van der Waals surface area contributed by atoms with Crippen molar-refractivity contribution in [2.75, 3.05) is 31.8 Å². The van der Waals surface area contributed by atoms with Crippen LogP contribution in [0.4, 0.5) is 11.4 Å². The van der Waals surface area contributed by atoms with Crippen molar-refractivity contribution in [1.29, 1.82) is 0 Å². The van der Waals surface area contributed by atoms with Crippen LogP contribution in [-0.4, -0.2) is 38.9 Å². The lowest BCUT2D eigenvalue weighted by molar-refractivity contribution is -0.263. The van der Waals surface area contributed by atoms with Crippen LogP contribution < -0.4 is 14.4 Å². The van der Waals surface area contributed by atoms with E-state index in [4.69, 9.17) is 14.2 Å². The quantitative estimate of drug-likeness (QED) is 0.317. The normalized spacial score (nSPS) is 12.8. The molecule has 0 bridgehead atoms. The van der Waals surface area contributed by atoms with E-state index in [-0.39, 0.29) is 0 Å². The van der Waals surface area contributed by atoms with E-state index in [0.29, 0.717) is 26.2 Å². The molecule has 7 heteroatoms. The van der Waals surface area contributed by atoms with Crippen molar-refractivity contribution in [3.8, 4) is 17.2 Å². The van der Waals surface area contributed by atoms with Crippen molar-refractivity contribution < 1.29 is 28.8 Å². The van der Waals surface area contributed by atoms with Gasteiger partial charge < -0.3 is 19.1 Å². The van der Waals surface area contributed by atoms with Crippen LogP contribution in [-0.2, 0) is 25.7 Å². The number of fused-ring (bicyclic) bond motifs is 2. The molecule has 1 aliphatic rings. The van der Waals surface area contributed by atoms with E-state index in [2.05, 4.69) is 14.7 Å². The second-order valence-electron chi connectivity index (χ2n) is 7.40. The Kier molecular flexibility index (Phi) is 7.44. The minimum absolute atomic E-state index is 0.387. The van der Waals surface area contributed by atoms with Crippen molar-refractivity contribution in [3.63, 3.8) is 0 Å². The number of nitrogens with zero attached hydrogens (tertiary/aromatic N) is 1. The first-order valence-corrected chi connectivity index (χ1v) is 10.9. The van der Waals surface area contributed by atoms with Crippen molar-refractivity contribution in [2.45, 2.75) is 19.4 Å². The molecule has 0 spiro atoms. The molecule has 33 heavy (non-hydrogen) atoms. The van der Waals surface area contributed by atoms with Gasteiger partial charge in [-0.25, -0.2) is 4.79 Å². The van der Waals surface area contributed by atoms with Gasteiger partial charge >= 0.3 is 5.97 Å². The van der Waals surface area contributed by atoms with Crippen molar-refractivity contribution >= 4 is 17.3 Å². The lowest BCUT2D eigenvalue weighted by atomic mass is 10.1. The molecule has 0 amide bonds. The van der Waals surface area contributed by atoms with Gasteiger partial charge in [-0.3, -0.25) is 4.89 Å². The monoisotopic (exact) mass is 449 g/mol. The van der Waals surface area contributed by atoms with Crippen LogP contribution in [0.2, 0.25) is 0 Å². The third-order valence-corrected chi connectivity index (χ3v) is 5.26. The zero-order valence-electron chi connectivity index (χ0n) is 18.7. The minimum atomic E-state index is -0.719. The van der Waals surface area contributed by atoms with E-state index in [1.807, 2.05) is 79.7 Å². The van der Waals surface area contributed by atoms with Crippen LogP contribution in [0.25, 0.3) is 0 Å². The molecule has 0 N–H and O–H groups in total. The molecule has 0 aliphatic carbocycles. The summed E-state index contributed by atoms with van der Waals surface area (Å²) in [4.78, 5) is 23.2. The van der Waals surface area contributed by atoms with Gasteiger partial charge in [-0.15, -0.1) is 0 Å². The first-order valence-electron chi connectivity index (χ1n) is 10.9. The standard InChI is InChI=1S/C26H27NO6/c1-3-30-25(26(28)33-29-2)18-19-12-14-20(15-13-19)31-17-16-27-21-8-4-6-10-23(21)32-24-11-7-5-9-22(24)27/h4-15,25H,3,16-18H2,1-2H3/t25-/m0/s1. The summed E-state index contributed by atoms with van der Waals surface area (Å²) >= 11 is 0. The second-order valence-corrected chi connectivity index (χ2v) is 7.40. The van der Waals surface area contributed by atoms with E-state index >= 15 is 0 Å². The number of carbonyl (C=O) groups is 1. The number of benzene rings is 3. The van der Waals surface area contributed by atoms with Crippen LogP contribution in [0.15, 0.2) is 72.8 Å². The summed E-state index contributed by atoms with van der Waals surface area (Å²) in [5.74, 6) is 1.86. The first-order chi connectivity index (χ1) is 16.2. The van der Waals surface area contributed by atoms with Crippen LogP contribution in [0, 0.1) is 0 Å². The number of rotatable bonds is 10. The molecule has 0 radical (unpaired) electrons. The number of ether oxygens (including phenoxy) is 3. The number of hydrogen-bond acceptors (Lipinski definition) is 7. The maximum atomic E-state index is 12.0. The highest BCUT2D eigenvalue weighted by Crippen LogP contribution is 2.45. The lowest BCUT2D eigenvalue weighted by Crippen LogP contribution is -2.28. The maximum absolute atomic E-state index is 12.0. The van der Waals surface area contributed by atoms with Gasteiger partial charge in [0.2, 0.25) is 0 Å². The van der Waals surface area contributed by atoms with Crippen molar-refractivity contribution in [3.05, 3.63) is 78.4 Å². The van der Waals surface area contributed by atoms with Gasteiger partial charge in [0.1, 0.15) is 12.4 Å². The van der Waals surface area contributed by atoms with Gasteiger partial charge in [0, 0.05) is 13.0 Å². The summed E-state index contributed by atoms with van der Waals surface area (Å²) in [6, 6.07) is 23.6. The lowest BCUT2D eigenvalue weighted by Gasteiger charge is -2.32. The van der Waals surface area contributed by atoms with E-state index in [9.17, 15) is 4.79 Å². The van der Waals surface area contributed by atoms with Gasteiger partial charge in [0.15, 0.2) is 17.6 Å². The average Bonchev–Trinajstić information content (AvgIpc) is 2.84. The third-order valence-electron chi connectivity index (χ3n) is 5.26. The summed E-state index contributed by atoms with van der Waals surface area (Å²) in [5, 5.41) is 0. The van der Waals surface area contributed by atoms with Crippen LogP contribution in [0.3, 0.4) is 0 Å². The molecule has 3 aromatic rings. The smallest absolute Gasteiger partial charge is 0.371 e. The molecule has 1 atom stereocenters. The number of carbonyl (C=O) groups excluding carboxylic acids is 1. The molecule has 1 heterocycles. The Morgan fingerprint density at radius 2 is 1.58 bits per heavy atom. The number of anilines is 2. The van der Waals surface area contributed by atoms with Crippen molar-refractivity contribution in [2.24, 2.45) is 0 Å². The van der Waals surface area contributed by atoms with Gasteiger partial charge in [0.05, 0.1) is 25.0 Å². The van der Waals surface area contributed by atoms with E-state index < -0.39 is 12.1 Å². The predicted octanol–water partition coefficient (Wildman–Crippen LogP) is 5.06. The number of hydrogen-bond donors (Lipinski definition) is 0. The molecule has 3 aromatic carbocycles. The van der Waals surface area contributed by atoms with Crippen LogP contribution >= 0.6 is 0 Å². The predicted molar refractivity (Wildman–Crippen MR) is 124 cm³/mol. The summed E-state index contributed by atoms with van der Waals surface area (Å²) < 4.78 is 17.5. The molecule has 0 fully saturated rings. The van der Waals surface area contributed by atoms with E-state index in [1.165, 1.54) is 7.11 Å².